The van der Waals surface area contributed by atoms with Crippen LogP contribution in [0.5, 0.6) is 0 Å². The predicted octanol–water partition coefficient (Wildman–Crippen LogP) is 0.947. The third kappa shape index (κ3) is 2.73. The van der Waals surface area contributed by atoms with Gasteiger partial charge in [0, 0.05) is 25.2 Å². The average Bonchev–Trinajstić information content (AvgIpc) is 3.08. The molecular formula is C12H16N4O3S2. The fraction of sp³-hybridized carbons (Fsp3) is 0.500. The number of aromatic nitrogens is 3. The first kappa shape index (κ1) is 14.6. The van der Waals surface area contributed by atoms with Crippen molar-refractivity contribution in [1.29, 1.82) is 0 Å². The number of rotatable bonds is 3. The van der Waals surface area contributed by atoms with Crippen LogP contribution in [0.3, 0.4) is 0 Å². The topological polar surface area (TPSA) is 77.3 Å². The van der Waals surface area contributed by atoms with Gasteiger partial charge in [-0.15, -0.1) is 11.3 Å². The Labute approximate surface area is 127 Å². The number of morpholine rings is 1. The molecule has 9 heteroatoms. The number of thiazole rings is 1. The lowest BCUT2D eigenvalue weighted by Crippen LogP contribution is -2.43. The van der Waals surface area contributed by atoms with Crippen LogP contribution in [0, 0.1) is 6.92 Å². The summed E-state index contributed by atoms with van der Waals surface area (Å²) in [5.41, 5.74) is 0.733. The van der Waals surface area contributed by atoms with Crippen LogP contribution in [-0.2, 0) is 21.8 Å². The van der Waals surface area contributed by atoms with Crippen molar-refractivity contribution < 1.29 is 13.2 Å². The molecule has 0 radical (unpaired) electrons. The molecule has 21 heavy (non-hydrogen) atoms. The third-order valence-electron chi connectivity index (χ3n) is 3.31. The van der Waals surface area contributed by atoms with E-state index in [0.29, 0.717) is 19.8 Å². The summed E-state index contributed by atoms with van der Waals surface area (Å²) in [6.07, 6.45) is 2.99. The van der Waals surface area contributed by atoms with Gasteiger partial charge in [0.25, 0.3) is 10.0 Å². The molecule has 2 aromatic heterocycles. The van der Waals surface area contributed by atoms with Crippen molar-refractivity contribution in [2.45, 2.75) is 18.0 Å². The summed E-state index contributed by atoms with van der Waals surface area (Å²) in [6.45, 7) is 2.90. The molecule has 3 rings (SSSR count). The molecule has 0 saturated carbocycles. The summed E-state index contributed by atoms with van der Waals surface area (Å²) in [4.78, 5) is 8.37. The zero-order valence-corrected chi connectivity index (χ0v) is 13.4. The quantitative estimate of drug-likeness (QED) is 0.838. The van der Waals surface area contributed by atoms with Gasteiger partial charge >= 0.3 is 0 Å². The van der Waals surface area contributed by atoms with Crippen molar-refractivity contribution in [2.24, 2.45) is 7.05 Å². The summed E-state index contributed by atoms with van der Waals surface area (Å²) in [5.74, 6) is 0. The van der Waals surface area contributed by atoms with Gasteiger partial charge in [-0.3, -0.25) is 0 Å². The highest BCUT2D eigenvalue weighted by molar-refractivity contribution is 7.89. The molecule has 2 aromatic rings. The van der Waals surface area contributed by atoms with Crippen LogP contribution in [0.15, 0.2) is 22.9 Å². The molecule has 1 saturated heterocycles. The first-order valence-corrected chi connectivity index (χ1v) is 8.80. The SMILES string of the molecule is Cc1nc(C2COCCN2S(=O)(=O)c2cn(C)cn2)cs1. The summed E-state index contributed by atoms with van der Waals surface area (Å²) >= 11 is 1.50. The van der Waals surface area contributed by atoms with Crippen molar-refractivity contribution in [3.63, 3.8) is 0 Å². The van der Waals surface area contributed by atoms with Gasteiger partial charge in [0.2, 0.25) is 0 Å². The van der Waals surface area contributed by atoms with E-state index >= 15 is 0 Å². The van der Waals surface area contributed by atoms with Gasteiger partial charge in [-0.05, 0) is 6.92 Å². The van der Waals surface area contributed by atoms with Crippen LogP contribution in [0.25, 0.3) is 0 Å². The second kappa shape index (κ2) is 5.48. The van der Waals surface area contributed by atoms with E-state index in [9.17, 15) is 8.42 Å². The molecule has 7 nitrogen and oxygen atoms in total. The number of nitrogens with zero attached hydrogens (tertiary/aromatic N) is 4. The van der Waals surface area contributed by atoms with E-state index < -0.39 is 16.1 Å². The molecule has 1 aliphatic heterocycles. The van der Waals surface area contributed by atoms with Crippen molar-refractivity contribution >= 4 is 21.4 Å². The van der Waals surface area contributed by atoms with Crippen LogP contribution in [0.4, 0.5) is 0 Å². The number of imidazole rings is 1. The molecule has 1 aliphatic rings. The lowest BCUT2D eigenvalue weighted by atomic mass is 10.2. The Hall–Kier alpha value is -1.29. The Morgan fingerprint density at radius 3 is 2.90 bits per heavy atom. The molecule has 3 heterocycles. The highest BCUT2D eigenvalue weighted by atomic mass is 32.2. The van der Waals surface area contributed by atoms with Gasteiger partial charge in [0.15, 0.2) is 5.03 Å². The van der Waals surface area contributed by atoms with Crippen molar-refractivity contribution in [3.8, 4) is 0 Å². The van der Waals surface area contributed by atoms with Crippen LogP contribution >= 0.6 is 11.3 Å². The van der Waals surface area contributed by atoms with Gasteiger partial charge in [-0.25, -0.2) is 18.4 Å². The Morgan fingerprint density at radius 1 is 1.48 bits per heavy atom. The van der Waals surface area contributed by atoms with Crippen LogP contribution in [0.2, 0.25) is 0 Å². The van der Waals surface area contributed by atoms with E-state index in [1.54, 1.807) is 11.6 Å². The molecule has 0 amide bonds. The molecule has 0 aromatic carbocycles. The Kier molecular flexibility index (Phi) is 3.82. The molecule has 0 N–H and O–H groups in total. The smallest absolute Gasteiger partial charge is 0.262 e. The second-order valence-electron chi connectivity index (χ2n) is 4.88. The molecular weight excluding hydrogens is 312 g/mol. The largest absolute Gasteiger partial charge is 0.378 e. The van der Waals surface area contributed by atoms with Gasteiger partial charge in [0.05, 0.1) is 36.3 Å². The van der Waals surface area contributed by atoms with Gasteiger partial charge in [0.1, 0.15) is 0 Å². The van der Waals surface area contributed by atoms with Crippen LogP contribution < -0.4 is 0 Å². The van der Waals surface area contributed by atoms with E-state index in [1.165, 1.54) is 28.2 Å². The zero-order valence-electron chi connectivity index (χ0n) is 11.8. The maximum absolute atomic E-state index is 12.8. The third-order valence-corrected chi connectivity index (χ3v) is 5.90. The minimum atomic E-state index is -3.64. The summed E-state index contributed by atoms with van der Waals surface area (Å²) < 4.78 is 34.0. The zero-order chi connectivity index (χ0) is 15.0. The number of hydrogen-bond acceptors (Lipinski definition) is 6. The normalized spacial score (nSPS) is 20.8. The van der Waals surface area contributed by atoms with Crippen molar-refractivity contribution in [2.75, 3.05) is 19.8 Å². The molecule has 0 spiro atoms. The Morgan fingerprint density at radius 2 is 2.29 bits per heavy atom. The molecule has 1 atom stereocenters. The molecule has 114 valence electrons. The highest BCUT2D eigenvalue weighted by Crippen LogP contribution is 2.30. The molecule has 0 aliphatic carbocycles. The minimum Gasteiger partial charge on any atom is -0.378 e. The summed E-state index contributed by atoms with van der Waals surface area (Å²) in [6, 6.07) is -0.393. The number of sulfonamides is 1. The predicted molar refractivity (Wildman–Crippen MR) is 77.5 cm³/mol. The van der Waals surface area contributed by atoms with E-state index in [4.69, 9.17) is 4.74 Å². The van der Waals surface area contributed by atoms with Gasteiger partial charge in [-0.1, -0.05) is 0 Å². The van der Waals surface area contributed by atoms with E-state index in [0.717, 1.165) is 10.7 Å². The van der Waals surface area contributed by atoms with Gasteiger partial charge in [-0.2, -0.15) is 4.31 Å². The highest BCUT2D eigenvalue weighted by Gasteiger charge is 2.37. The lowest BCUT2D eigenvalue weighted by Gasteiger charge is -2.32. The first-order valence-electron chi connectivity index (χ1n) is 6.48. The van der Waals surface area contributed by atoms with E-state index in [-0.39, 0.29) is 5.03 Å². The van der Waals surface area contributed by atoms with Crippen LogP contribution in [-0.4, -0.2) is 47.0 Å². The van der Waals surface area contributed by atoms with Crippen molar-refractivity contribution in [1.82, 2.24) is 18.8 Å². The second-order valence-corrected chi connectivity index (χ2v) is 7.77. The standard InChI is InChI=1S/C12H16N4O3S2/c1-9-14-10(7-20-9)11-6-19-4-3-16(11)21(17,18)12-5-15(2)8-13-12/h5,7-8,11H,3-4,6H2,1-2H3. The van der Waals surface area contributed by atoms with Crippen LogP contribution in [0.1, 0.15) is 16.7 Å². The average molecular weight is 328 g/mol. The lowest BCUT2D eigenvalue weighted by molar-refractivity contribution is 0.0306. The fourth-order valence-electron chi connectivity index (χ4n) is 2.28. The Balaban J connectivity index is 1.97. The minimum absolute atomic E-state index is 0.0591. The molecule has 1 fully saturated rings. The van der Waals surface area contributed by atoms with Gasteiger partial charge < -0.3 is 9.30 Å². The fourth-order valence-corrected chi connectivity index (χ4v) is 4.48. The molecule has 1 unspecified atom stereocenters. The monoisotopic (exact) mass is 328 g/mol. The molecule has 0 bridgehead atoms. The summed E-state index contributed by atoms with van der Waals surface area (Å²) in [7, 11) is -1.90. The number of ether oxygens (including phenoxy) is 1. The first-order chi connectivity index (χ1) is 9.98. The van der Waals surface area contributed by atoms with E-state index in [2.05, 4.69) is 9.97 Å². The number of hydrogen-bond donors (Lipinski definition) is 0. The number of aryl methyl sites for hydroxylation is 2. The maximum Gasteiger partial charge on any atom is 0.262 e. The van der Waals surface area contributed by atoms with Crippen molar-refractivity contribution in [3.05, 3.63) is 28.6 Å². The van der Waals surface area contributed by atoms with E-state index in [1.807, 2.05) is 12.3 Å². The maximum atomic E-state index is 12.8. The summed E-state index contributed by atoms with van der Waals surface area (Å²) in [5, 5.41) is 2.85. The Bertz CT molecular complexity index is 737.